The molecule has 6 aromatic carbocycles. The first-order valence-corrected chi connectivity index (χ1v) is 18.4. The fraction of sp³-hybridized carbons (Fsp3) is 0.229. The van der Waals surface area contributed by atoms with Crippen molar-refractivity contribution in [2.45, 2.75) is 52.1 Å². The van der Waals surface area contributed by atoms with Gasteiger partial charge in [-0.05, 0) is 113 Å². The molecule has 1 aliphatic carbocycles. The highest BCUT2D eigenvalue weighted by atomic mass is 16.5. The Hall–Kier alpha value is -5.25. The van der Waals surface area contributed by atoms with E-state index in [1.165, 1.54) is 55.6 Å². The standard InChI is InChI=1S/C48H47NO2/c1-3-49(4-2)47(50)34-51-48-45-21-9-19-43(32-45)30-41-17-7-15-39(28-41)26-37-13-5-11-35(24-37)23-36-12-6-14-38(25-36)27-40-16-8-18-42(29-40)31-44-20-10-22-46(48)33-44/h5-22,24-25,28-29,32-33,48H,3-4,23,26-27,30-31,34H2,1-2H3. The van der Waals surface area contributed by atoms with Gasteiger partial charge in [0, 0.05) is 13.1 Å². The lowest BCUT2D eigenvalue weighted by Crippen LogP contribution is -2.34. The van der Waals surface area contributed by atoms with Crippen molar-refractivity contribution in [2.75, 3.05) is 19.7 Å². The predicted octanol–water partition coefficient (Wildman–Crippen LogP) is 9.93. The fourth-order valence-corrected chi connectivity index (χ4v) is 7.52. The Bertz CT molecular complexity index is 1970. The molecule has 0 N–H and O–H groups in total. The summed E-state index contributed by atoms with van der Waals surface area (Å²) in [6, 6.07) is 53.5. The second kappa shape index (κ2) is 16.2. The summed E-state index contributed by atoms with van der Waals surface area (Å²) >= 11 is 0. The zero-order valence-electron chi connectivity index (χ0n) is 29.9. The molecule has 51 heavy (non-hydrogen) atoms. The number of carbonyl (C=O) groups is 1. The first kappa shape index (κ1) is 34.2. The zero-order chi connectivity index (χ0) is 35.0. The van der Waals surface area contributed by atoms with E-state index in [2.05, 4.69) is 146 Å². The molecule has 6 aromatic rings. The second-order valence-electron chi connectivity index (χ2n) is 13.9. The molecule has 256 valence electrons. The highest BCUT2D eigenvalue weighted by Gasteiger charge is 2.20. The summed E-state index contributed by atoms with van der Waals surface area (Å²) in [5, 5.41) is 0. The molecule has 0 aliphatic heterocycles. The van der Waals surface area contributed by atoms with Crippen molar-refractivity contribution in [3.05, 3.63) is 212 Å². The maximum Gasteiger partial charge on any atom is 0.248 e. The molecule has 1 aliphatic rings. The number of amides is 1. The Morgan fingerprint density at radius 1 is 0.471 bits per heavy atom. The van der Waals surface area contributed by atoms with Gasteiger partial charge in [0.2, 0.25) is 5.91 Å². The van der Waals surface area contributed by atoms with E-state index in [-0.39, 0.29) is 18.6 Å². The van der Waals surface area contributed by atoms with Crippen LogP contribution < -0.4 is 0 Å². The van der Waals surface area contributed by atoms with Crippen LogP contribution >= 0.6 is 0 Å². The molecule has 0 unspecified atom stereocenters. The van der Waals surface area contributed by atoms with E-state index in [0.29, 0.717) is 13.1 Å². The number of hydrogen-bond acceptors (Lipinski definition) is 2. The van der Waals surface area contributed by atoms with Crippen LogP contribution in [-0.2, 0) is 41.6 Å². The number of nitrogens with zero attached hydrogens (tertiary/aromatic N) is 1. The van der Waals surface area contributed by atoms with Crippen LogP contribution in [0.15, 0.2) is 146 Å². The molecule has 3 heteroatoms. The summed E-state index contributed by atoms with van der Waals surface area (Å²) in [7, 11) is 0. The van der Waals surface area contributed by atoms with Gasteiger partial charge in [0.25, 0.3) is 0 Å². The van der Waals surface area contributed by atoms with Crippen molar-refractivity contribution in [2.24, 2.45) is 0 Å². The summed E-state index contributed by atoms with van der Waals surface area (Å²) in [6.07, 6.45) is 3.98. The summed E-state index contributed by atoms with van der Waals surface area (Å²) in [5.74, 6) is 0.0154. The summed E-state index contributed by atoms with van der Waals surface area (Å²) in [4.78, 5) is 15.0. The SMILES string of the molecule is CCN(CC)C(=O)COC1c2cccc(c2)Cc2cccc(c2)Cc2cccc(c2)Cc2cccc(c2)Cc2cccc(c2)Cc2cccc1c2. The number of benzene rings is 6. The maximum atomic E-state index is 13.1. The van der Waals surface area contributed by atoms with E-state index >= 15 is 0 Å². The van der Waals surface area contributed by atoms with Crippen molar-refractivity contribution < 1.29 is 9.53 Å². The molecule has 3 nitrogen and oxygen atoms in total. The smallest absolute Gasteiger partial charge is 0.248 e. The predicted molar refractivity (Wildman–Crippen MR) is 208 cm³/mol. The Morgan fingerprint density at radius 3 is 1.04 bits per heavy atom. The van der Waals surface area contributed by atoms with E-state index in [4.69, 9.17) is 4.74 Å². The first-order valence-electron chi connectivity index (χ1n) is 18.4. The molecule has 0 fully saturated rings. The third-order valence-electron chi connectivity index (χ3n) is 10.0. The van der Waals surface area contributed by atoms with Crippen molar-refractivity contribution in [1.82, 2.24) is 4.90 Å². The molecule has 0 heterocycles. The Balaban J connectivity index is 1.27. The van der Waals surface area contributed by atoms with Gasteiger partial charge in [-0.25, -0.2) is 0 Å². The lowest BCUT2D eigenvalue weighted by molar-refractivity contribution is -0.137. The molecule has 7 rings (SSSR count). The molecular weight excluding hydrogens is 623 g/mol. The van der Waals surface area contributed by atoms with E-state index < -0.39 is 0 Å². The van der Waals surface area contributed by atoms with Crippen LogP contribution in [0.1, 0.15) is 86.7 Å². The van der Waals surface area contributed by atoms with Gasteiger partial charge in [0.05, 0.1) is 0 Å². The monoisotopic (exact) mass is 669 g/mol. The van der Waals surface area contributed by atoms with Crippen LogP contribution in [0.3, 0.4) is 0 Å². The molecule has 0 atom stereocenters. The van der Waals surface area contributed by atoms with E-state index in [1.807, 2.05) is 18.7 Å². The van der Waals surface area contributed by atoms with Gasteiger partial charge in [0.15, 0.2) is 0 Å². The van der Waals surface area contributed by atoms with Crippen molar-refractivity contribution in [1.29, 1.82) is 0 Å². The van der Waals surface area contributed by atoms with Gasteiger partial charge in [-0.15, -0.1) is 0 Å². The number of likely N-dealkylation sites (N-methyl/N-ethyl adjacent to an activating group) is 1. The number of ether oxygens (including phenoxy) is 1. The van der Waals surface area contributed by atoms with Crippen LogP contribution in [-0.4, -0.2) is 30.5 Å². The van der Waals surface area contributed by atoms with Gasteiger partial charge in [-0.1, -0.05) is 146 Å². The van der Waals surface area contributed by atoms with E-state index in [9.17, 15) is 4.79 Å². The number of carbonyl (C=O) groups excluding carboxylic acids is 1. The zero-order valence-corrected chi connectivity index (χ0v) is 29.9. The summed E-state index contributed by atoms with van der Waals surface area (Å²) < 4.78 is 6.57. The topological polar surface area (TPSA) is 29.5 Å². The van der Waals surface area contributed by atoms with Gasteiger partial charge in [0.1, 0.15) is 12.7 Å². The minimum Gasteiger partial charge on any atom is -0.359 e. The van der Waals surface area contributed by atoms with Gasteiger partial charge in [-0.2, -0.15) is 0 Å². The van der Waals surface area contributed by atoms with Gasteiger partial charge in [-0.3, -0.25) is 4.79 Å². The Kier molecular flexibility index (Phi) is 10.9. The number of hydrogen-bond donors (Lipinski definition) is 0. The second-order valence-corrected chi connectivity index (χ2v) is 13.9. The molecule has 0 spiro atoms. The molecule has 0 saturated heterocycles. The third kappa shape index (κ3) is 8.92. The van der Waals surface area contributed by atoms with Crippen LogP contribution in [0.4, 0.5) is 0 Å². The first-order chi connectivity index (χ1) is 25.0. The van der Waals surface area contributed by atoms with E-state index in [0.717, 1.165) is 43.2 Å². The fourth-order valence-electron chi connectivity index (χ4n) is 7.52. The summed E-state index contributed by atoms with van der Waals surface area (Å²) in [6.45, 7) is 5.40. The third-order valence-corrected chi connectivity index (χ3v) is 10.0. The molecule has 0 aromatic heterocycles. The summed E-state index contributed by atoms with van der Waals surface area (Å²) in [5.41, 5.74) is 15.1. The molecular formula is C48H47NO2. The minimum atomic E-state index is -0.368. The van der Waals surface area contributed by atoms with Crippen molar-refractivity contribution >= 4 is 5.91 Å². The number of fused-ring (bicyclic) bond motifs is 12. The highest BCUT2D eigenvalue weighted by molar-refractivity contribution is 5.77. The van der Waals surface area contributed by atoms with Crippen LogP contribution in [0, 0.1) is 0 Å². The van der Waals surface area contributed by atoms with Crippen molar-refractivity contribution in [3.8, 4) is 0 Å². The molecule has 0 saturated carbocycles. The van der Waals surface area contributed by atoms with Gasteiger partial charge >= 0.3 is 0 Å². The normalized spacial score (nSPS) is 13.2. The number of rotatable bonds is 5. The van der Waals surface area contributed by atoms with Crippen LogP contribution in [0.25, 0.3) is 0 Å². The maximum absolute atomic E-state index is 13.1. The average Bonchev–Trinajstić information content (AvgIpc) is 3.13. The van der Waals surface area contributed by atoms with E-state index in [1.54, 1.807) is 0 Å². The Morgan fingerprint density at radius 2 is 0.745 bits per heavy atom. The van der Waals surface area contributed by atoms with Crippen LogP contribution in [0.2, 0.25) is 0 Å². The Labute approximate surface area is 303 Å². The quantitative estimate of drug-likeness (QED) is 0.183. The lowest BCUT2D eigenvalue weighted by Gasteiger charge is -2.23. The molecule has 0 radical (unpaired) electrons. The highest BCUT2D eigenvalue weighted by Crippen LogP contribution is 2.29. The molecule has 1 amide bonds. The lowest BCUT2D eigenvalue weighted by atomic mass is 9.93. The largest absolute Gasteiger partial charge is 0.359 e. The van der Waals surface area contributed by atoms with Gasteiger partial charge < -0.3 is 9.64 Å². The average molecular weight is 670 g/mol. The minimum absolute atomic E-state index is 0.0154. The van der Waals surface area contributed by atoms with Crippen LogP contribution in [0.5, 0.6) is 0 Å². The van der Waals surface area contributed by atoms with Crippen molar-refractivity contribution in [3.63, 3.8) is 0 Å². The molecule has 12 bridgehead atoms.